The molecule has 0 aliphatic heterocycles. The lowest BCUT2D eigenvalue weighted by atomic mass is 9.90. The van der Waals surface area contributed by atoms with Gasteiger partial charge in [0.25, 0.3) is 0 Å². The maximum atomic E-state index is 14.4. The second-order valence-corrected chi connectivity index (χ2v) is 6.21. The standard InChI is InChI=1S/C16H9F13O4/c1-6(30)32-8-3-4-9(10(5-8)33-7(2)31)11(17,18)12(19,20)13(21,22)14(23,24)15(25,26)16(27,28)29/h3-5H,1-2H3. The molecule has 0 heterocycles. The lowest BCUT2D eigenvalue weighted by molar-refractivity contribution is -0.441. The molecule has 0 aliphatic carbocycles. The van der Waals surface area contributed by atoms with Gasteiger partial charge in [-0.05, 0) is 12.1 Å². The number of hydrogen-bond acceptors (Lipinski definition) is 4. The van der Waals surface area contributed by atoms with E-state index in [9.17, 15) is 66.7 Å². The van der Waals surface area contributed by atoms with Crippen molar-refractivity contribution in [2.45, 2.75) is 49.6 Å². The summed E-state index contributed by atoms with van der Waals surface area (Å²) in [6.45, 7) is 1.21. The second-order valence-electron chi connectivity index (χ2n) is 6.21. The highest BCUT2D eigenvalue weighted by Crippen LogP contribution is 2.62. The quantitative estimate of drug-likeness (QED) is 0.266. The average Bonchev–Trinajstić information content (AvgIpc) is 2.58. The van der Waals surface area contributed by atoms with Crippen LogP contribution in [0, 0.1) is 0 Å². The van der Waals surface area contributed by atoms with Crippen molar-refractivity contribution >= 4 is 11.9 Å². The maximum absolute atomic E-state index is 14.4. The molecular weight excluding hydrogens is 503 g/mol. The number of halogens is 13. The molecule has 0 amide bonds. The zero-order valence-corrected chi connectivity index (χ0v) is 15.8. The third-order valence-electron chi connectivity index (χ3n) is 3.74. The van der Waals surface area contributed by atoms with Gasteiger partial charge in [-0.15, -0.1) is 0 Å². The van der Waals surface area contributed by atoms with E-state index in [4.69, 9.17) is 0 Å². The van der Waals surface area contributed by atoms with E-state index in [1.807, 2.05) is 0 Å². The number of carbonyl (C=O) groups excluding carboxylic acids is 2. The van der Waals surface area contributed by atoms with E-state index in [1.54, 1.807) is 0 Å². The topological polar surface area (TPSA) is 52.6 Å². The Kier molecular flexibility index (Phi) is 7.06. The van der Waals surface area contributed by atoms with Crippen molar-refractivity contribution in [2.24, 2.45) is 0 Å². The third-order valence-corrected chi connectivity index (χ3v) is 3.74. The van der Waals surface area contributed by atoms with Crippen molar-refractivity contribution in [2.75, 3.05) is 0 Å². The molecule has 0 spiro atoms. The molecule has 0 bridgehead atoms. The highest BCUT2D eigenvalue weighted by Gasteiger charge is 2.91. The molecule has 0 saturated carbocycles. The summed E-state index contributed by atoms with van der Waals surface area (Å²) in [4.78, 5) is 21.9. The molecule has 0 radical (unpaired) electrons. The van der Waals surface area contributed by atoms with Crippen LogP contribution in [0.2, 0.25) is 0 Å². The van der Waals surface area contributed by atoms with Gasteiger partial charge in [-0.1, -0.05) is 0 Å². The van der Waals surface area contributed by atoms with Crippen molar-refractivity contribution in [1.82, 2.24) is 0 Å². The van der Waals surface area contributed by atoms with E-state index >= 15 is 0 Å². The Morgan fingerprint density at radius 2 is 1.06 bits per heavy atom. The van der Waals surface area contributed by atoms with Crippen molar-refractivity contribution in [3.63, 3.8) is 0 Å². The van der Waals surface area contributed by atoms with Crippen LogP contribution in [0.3, 0.4) is 0 Å². The lowest BCUT2D eigenvalue weighted by Crippen LogP contribution is -2.69. The van der Waals surface area contributed by atoms with Crippen LogP contribution in [0.25, 0.3) is 0 Å². The molecule has 188 valence electrons. The lowest BCUT2D eigenvalue weighted by Gasteiger charge is -2.40. The number of carbonyl (C=O) groups is 2. The minimum Gasteiger partial charge on any atom is -0.427 e. The Labute approximate surface area is 174 Å². The van der Waals surface area contributed by atoms with Crippen LogP contribution in [0.1, 0.15) is 19.4 Å². The number of esters is 2. The fourth-order valence-electron chi connectivity index (χ4n) is 2.17. The monoisotopic (exact) mass is 512 g/mol. The number of ether oxygens (including phenoxy) is 2. The number of benzene rings is 1. The number of rotatable bonds is 7. The van der Waals surface area contributed by atoms with Gasteiger partial charge in [0, 0.05) is 19.9 Å². The number of alkyl halides is 13. The maximum Gasteiger partial charge on any atom is 0.460 e. The predicted octanol–water partition coefficient (Wildman–Crippen LogP) is 5.73. The van der Waals surface area contributed by atoms with E-state index in [2.05, 4.69) is 9.47 Å². The van der Waals surface area contributed by atoms with Crippen molar-refractivity contribution < 1.29 is 76.1 Å². The zero-order valence-electron chi connectivity index (χ0n) is 15.8. The van der Waals surface area contributed by atoms with Crippen LogP contribution >= 0.6 is 0 Å². The van der Waals surface area contributed by atoms with Crippen molar-refractivity contribution in [3.05, 3.63) is 23.8 Å². The summed E-state index contributed by atoms with van der Waals surface area (Å²) in [7, 11) is 0. The van der Waals surface area contributed by atoms with Crippen molar-refractivity contribution in [1.29, 1.82) is 0 Å². The molecule has 1 rings (SSSR count). The van der Waals surface area contributed by atoms with Gasteiger partial charge in [0.05, 0.1) is 5.56 Å². The summed E-state index contributed by atoms with van der Waals surface area (Å²) >= 11 is 0. The van der Waals surface area contributed by atoms with Crippen molar-refractivity contribution in [3.8, 4) is 11.5 Å². The largest absolute Gasteiger partial charge is 0.460 e. The first-order chi connectivity index (χ1) is 14.4. The molecule has 0 fully saturated rings. The molecule has 0 aliphatic rings. The SMILES string of the molecule is CC(=O)Oc1ccc(C(F)(F)C(F)(F)C(F)(F)C(F)(F)C(F)(F)C(F)(F)F)c(OC(C)=O)c1. The van der Waals surface area contributed by atoms with Crippen LogP contribution < -0.4 is 9.47 Å². The first-order valence-electron chi connectivity index (χ1n) is 7.92. The van der Waals surface area contributed by atoms with E-state index in [-0.39, 0.29) is 18.2 Å². The molecule has 0 saturated heterocycles. The third kappa shape index (κ3) is 4.53. The fraction of sp³-hybridized carbons (Fsp3) is 0.500. The summed E-state index contributed by atoms with van der Waals surface area (Å²) in [5.74, 6) is -43.6. The van der Waals surface area contributed by atoms with E-state index < -0.39 is 64.8 Å². The van der Waals surface area contributed by atoms with Crippen LogP contribution in [0.15, 0.2) is 18.2 Å². The van der Waals surface area contributed by atoms with Gasteiger partial charge in [0.2, 0.25) is 0 Å². The molecule has 4 nitrogen and oxygen atoms in total. The normalized spacial score (nSPS) is 14.2. The molecule has 33 heavy (non-hydrogen) atoms. The van der Waals surface area contributed by atoms with Crippen LogP contribution in [0.5, 0.6) is 11.5 Å². The molecule has 0 aromatic heterocycles. The fourth-order valence-corrected chi connectivity index (χ4v) is 2.17. The molecule has 0 N–H and O–H groups in total. The minimum atomic E-state index is -8.08. The van der Waals surface area contributed by atoms with Gasteiger partial charge < -0.3 is 9.47 Å². The van der Waals surface area contributed by atoms with E-state index in [0.717, 1.165) is 6.92 Å². The van der Waals surface area contributed by atoms with Gasteiger partial charge >= 0.3 is 47.7 Å². The van der Waals surface area contributed by atoms with Crippen LogP contribution in [0.4, 0.5) is 57.1 Å². The predicted molar refractivity (Wildman–Crippen MR) is 78.8 cm³/mol. The van der Waals surface area contributed by atoms with Gasteiger partial charge in [-0.2, -0.15) is 57.1 Å². The number of hydrogen-bond donors (Lipinski definition) is 0. The highest BCUT2D eigenvalue weighted by atomic mass is 19.4. The summed E-state index contributed by atoms with van der Waals surface area (Å²) < 4.78 is 181. The first-order valence-corrected chi connectivity index (χ1v) is 7.92. The second kappa shape index (κ2) is 8.23. The Balaban J connectivity index is 3.75. The molecule has 1 aromatic rings. The Hall–Kier alpha value is -2.75. The summed E-state index contributed by atoms with van der Waals surface area (Å²) in [6.07, 6.45) is -7.54. The summed E-state index contributed by atoms with van der Waals surface area (Å²) in [5.41, 5.74) is -2.51. The first kappa shape index (κ1) is 28.3. The zero-order chi connectivity index (χ0) is 26.4. The molecule has 1 aromatic carbocycles. The Bertz CT molecular complexity index is 921. The average molecular weight is 512 g/mol. The van der Waals surface area contributed by atoms with Gasteiger partial charge in [-0.3, -0.25) is 9.59 Å². The molecule has 0 atom stereocenters. The Morgan fingerprint density at radius 1 is 0.636 bits per heavy atom. The van der Waals surface area contributed by atoms with E-state index in [0.29, 0.717) is 6.92 Å². The molecule has 0 unspecified atom stereocenters. The van der Waals surface area contributed by atoms with Gasteiger partial charge in [0.15, 0.2) is 0 Å². The van der Waals surface area contributed by atoms with Crippen LogP contribution in [-0.4, -0.2) is 41.8 Å². The van der Waals surface area contributed by atoms with E-state index in [1.165, 1.54) is 0 Å². The summed E-state index contributed by atoms with van der Waals surface area (Å²) in [6, 6.07) is -0.0162. The highest BCUT2D eigenvalue weighted by molar-refractivity contribution is 5.72. The Morgan fingerprint density at radius 3 is 1.45 bits per heavy atom. The molecular formula is C16H9F13O4. The summed E-state index contributed by atoms with van der Waals surface area (Å²) in [5, 5.41) is 0. The van der Waals surface area contributed by atoms with Gasteiger partial charge in [0.1, 0.15) is 11.5 Å². The smallest absolute Gasteiger partial charge is 0.427 e. The molecule has 17 heteroatoms. The minimum absolute atomic E-state index is 0.0722. The van der Waals surface area contributed by atoms with Crippen LogP contribution in [-0.2, 0) is 15.5 Å². The van der Waals surface area contributed by atoms with Gasteiger partial charge in [-0.25, -0.2) is 0 Å².